The third-order valence-corrected chi connectivity index (χ3v) is 5.13. The molecule has 1 atom stereocenters. The lowest BCUT2D eigenvalue weighted by Crippen LogP contribution is -2.45. The van der Waals surface area contributed by atoms with Crippen molar-refractivity contribution in [2.24, 2.45) is 4.99 Å². The van der Waals surface area contributed by atoms with Gasteiger partial charge in [0.05, 0.1) is 37.1 Å². The lowest BCUT2D eigenvalue weighted by atomic mass is 10.1. The number of nitrogens with zero attached hydrogens (tertiary/aromatic N) is 2. The zero-order valence-electron chi connectivity index (χ0n) is 16.8. The Hall–Kier alpha value is -2.13. The Bertz CT molecular complexity index is 798. The molecule has 3 rings (SSSR count). The van der Waals surface area contributed by atoms with Gasteiger partial charge in [0.25, 0.3) is 0 Å². The van der Waals surface area contributed by atoms with Crippen LogP contribution in [0.2, 0.25) is 5.02 Å². The van der Waals surface area contributed by atoms with Crippen molar-refractivity contribution >= 4 is 17.6 Å². The molecular weight excluding hydrogens is 411 g/mol. The molecule has 1 aliphatic rings. The molecule has 3 N–H and O–H groups in total. The second-order valence-corrected chi connectivity index (χ2v) is 7.42. The van der Waals surface area contributed by atoms with E-state index in [9.17, 15) is 9.50 Å². The van der Waals surface area contributed by atoms with Crippen molar-refractivity contribution in [1.82, 2.24) is 15.5 Å². The molecule has 0 aliphatic carbocycles. The van der Waals surface area contributed by atoms with Crippen LogP contribution in [0.1, 0.15) is 17.4 Å². The van der Waals surface area contributed by atoms with Crippen molar-refractivity contribution in [2.45, 2.75) is 12.5 Å². The largest absolute Gasteiger partial charge is 0.469 e. The number of morpholine rings is 1. The van der Waals surface area contributed by atoms with E-state index in [1.165, 1.54) is 12.1 Å². The summed E-state index contributed by atoms with van der Waals surface area (Å²) < 4.78 is 24.4. The molecule has 0 spiro atoms. The summed E-state index contributed by atoms with van der Waals surface area (Å²) in [4.78, 5) is 6.79. The number of nitrogens with one attached hydrogen (secondary N) is 2. The van der Waals surface area contributed by atoms with Crippen molar-refractivity contribution in [3.63, 3.8) is 0 Å². The molecule has 1 aliphatic heterocycles. The molecule has 1 aromatic heterocycles. The zero-order chi connectivity index (χ0) is 21.2. The first-order valence-electron chi connectivity index (χ1n) is 10.1. The number of aliphatic hydroxyl groups excluding tert-OH is 1. The van der Waals surface area contributed by atoms with Gasteiger partial charge >= 0.3 is 0 Å². The van der Waals surface area contributed by atoms with E-state index < -0.39 is 11.9 Å². The van der Waals surface area contributed by atoms with Gasteiger partial charge in [-0.25, -0.2) is 4.39 Å². The highest BCUT2D eigenvalue weighted by molar-refractivity contribution is 6.30. The van der Waals surface area contributed by atoms with Crippen LogP contribution in [0.5, 0.6) is 0 Å². The molecule has 9 heteroatoms. The summed E-state index contributed by atoms with van der Waals surface area (Å²) in [7, 11) is 0. The number of aliphatic hydroxyl groups is 1. The summed E-state index contributed by atoms with van der Waals surface area (Å²) in [5.74, 6) is 0.910. The van der Waals surface area contributed by atoms with E-state index in [2.05, 4.69) is 20.5 Å². The summed E-state index contributed by atoms with van der Waals surface area (Å²) in [6.07, 6.45) is 1.42. The lowest BCUT2D eigenvalue weighted by Gasteiger charge is -2.26. The molecule has 1 unspecified atom stereocenters. The van der Waals surface area contributed by atoms with E-state index >= 15 is 0 Å². The summed E-state index contributed by atoms with van der Waals surface area (Å²) in [6.45, 7) is 5.64. The Morgan fingerprint density at radius 1 is 1.23 bits per heavy atom. The number of hydrogen-bond donors (Lipinski definition) is 3. The van der Waals surface area contributed by atoms with Crippen LogP contribution in [0.4, 0.5) is 4.39 Å². The minimum Gasteiger partial charge on any atom is -0.469 e. The monoisotopic (exact) mass is 438 g/mol. The van der Waals surface area contributed by atoms with Crippen LogP contribution in [0.3, 0.4) is 0 Å². The van der Waals surface area contributed by atoms with Crippen molar-refractivity contribution in [3.05, 3.63) is 58.8 Å². The van der Waals surface area contributed by atoms with Crippen molar-refractivity contribution in [2.75, 3.05) is 52.5 Å². The van der Waals surface area contributed by atoms with E-state index in [0.717, 1.165) is 38.6 Å². The van der Waals surface area contributed by atoms with Crippen LogP contribution >= 0.6 is 11.6 Å². The van der Waals surface area contributed by atoms with Gasteiger partial charge in [-0.15, -0.1) is 0 Å². The molecule has 7 nitrogen and oxygen atoms in total. The minimum absolute atomic E-state index is 0.0273. The van der Waals surface area contributed by atoms with Gasteiger partial charge in [0.1, 0.15) is 11.6 Å². The van der Waals surface area contributed by atoms with Crippen molar-refractivity contribution in [1.29, 1.82) is 0 Å². The van der Waals surface area contributed by atoms with E-state index in [4.69, 9.17) is 20.8 Å². The molecular formula is C21H28ClFN4O3. The summed E-state index contributed by atoms with van der Waals surface area (Å²) in [5.41, 5.74) is 0.434. The Morgan fingerprint density at radius 3 is 2.77 bits per heavy atom. The fourth-order valence-corrected chi connectivity index (χ4v) is 3.21. The Kier molecular flexibility index (Phi) is 8.95. The summed E-state index contributed by atoms with van der Waals surface area (Å²) in [6, 6.07) is 8.04. The predicted molar refractivity (Wildman–Crippen MR) is 114 cm³/mol. The number of furan rings is 1. The Labute approximate surface area is 180 Å². The molecule has 0 bridgehead atoms. The average molecular weight is 439 g/mol. The minimum atomic E-state index is -0.931. The Morgan fingerprint density at radius 2 is 2.03 bits per heavy atom. The van der Waals surface area contributed by atoms with Crippen LogP contribution < -0.4 is 10.6 Å². The highest BCUT2D eigenvalue weighted by atomic mass is 35.5. The number of hydrogen-bond acceptors (Lipinski definition) is 5. The van der Waals surface area contributed by atoms with Crippen LogP contribution in [0.15, 0.2) is 46.0 Å². The van der Waals surface area contributed by atoms with Crippen LogP contribution in [-0.4, -0.2) is 68.4 Å². The standard InChI is InChI=1S/C21H28ClFN4O3/c22-18-4-3-16(14-19(18)23)20(28)15-26-21(24-6-5-17-2-1-11-30-17)25-7-8-27-9-12-29-13-10-27/h1-4,11,14,20,28H,5-10,12-13,15H2,(H2,24,25,26). The SMILES string of the molecule is OC(CN=C(NCCc1ccco1)NCCN1CCOCC1)c1ccc(Cl)c(F)c1. The van der Waals surface area contributed by atoms with Gasteiger partial charge in [-0.05, 0) is 29.8 Å². The second kappa shape index (κ2) is 11.9. The maximum atomic E-state index is 13.7. The number of rotatable bonds is 9. The molecule has 2 aromatic rings. The molecule has 2 heterocycles. The van der Waals surface area contributed by atoms with Gasteiger partial charge < -0.3 is 24.9 Å². The first-order chi connectivity index (χ1) is 14.6. The molecule has 1 saturated heterocycles. The molecule has 30 heavy (non-hydrogen) atoms. The molecule has 1 aromatic carbocycles. The third-order valence-electron chi connectivity index (χ3n) is 4.82. The predicted octanol–water partition coefficient (Wildman–Crippen LogP) is 2.22. The molecule has 0 amide bonds. The van der Waals surface area contributed by atoms with Gasteiger partial charge in [0.2, 0.25) is 0 Å². The van der Waals surface area contributed by atoms with Gasteiger partial charge in [-0.3, -0.25) is 9.89 Å². The van der Waals surface area contributed by atoms with Crippen LogP contribution in [-0.2, 0) is 11.2 Å². The molecule has 0 radical (unpaired) electrons. The van der Waals surface area contributed by atoms with Gasteiger partial charge in [-0.1, -0.05) is 17.7 Å². The van der Waals surface area contributed by atoms with E-state index in [-0.39, 0.29) is 11.6 Å². The fraction of sp³-hybridized carbons (Fsp3) is 0.476. The van der Waals surface area contributed by atoms with Gasteiger partial charge in [0, 0.05) is 39.1 Å². The highest BCUT2D eigenvalue weighted by Gasteiger charge is 2.12. The quantitative estimate of drug-likeness (QED) is 0.411. The van der Waals surface area contributed by atoms with Crippen molar-refractivity contribution in [3.8, 4) is 0 Å². The van der Waals surface area contributed by atoms with Gasteiger partial charge in [-0.2, -0.15) is 0 Å². The number of guanidine groups is 1. The second-order valence-electron chi connectivity index (χ2n) is 7.02. The molecule has 0 saturated carbocycles. The number of benzene rings is 1. The summed E-state index contributed by atoms with van der Waals surface area (Å²) in [5, 5.41) is 17.0. The molecule has 164 valence electrons. The Balaban J connectivity index is 1.53. The number of aliphatic imine (C=N–C) groups is 1. The van der Waals surface area contributed by atoms with Gasteiger partial charge in [0.15, 0.2) is 5.96 Å². The summed E-state index contributed by atoms with van der Waals surface area (Å²) >= 11 is 5.71. The first kappa shape index (κ1) is 22.6. The lowest BCUT2D eigenvalue weighted by molar-refractivity contribution is 0.0389. The first-order valence-corrected chi connectivity index (χ1v) is 10.5. The smallest absolute Gasteiger partial charge is 0.191 e. The number of ether oxygens (including phenoxy) is 1. The highest BCUT2D eigenvalue weighted by Crippen LogP contribution is 2.20. The van der Waals surface area contributed by atoms with Crippen LogP contribution in [0.25, 0.3) is 0 Å². The average Bonchev–Trinajstić information content (AvgIpc) is 3.27. The van der Waals surface area contributed by atoms with Crippen LogP contribution in [0, 0.1) is 5.82 Å². The van der Waals surface area contributed by atoms with E-state index in [0.29, 0.717) is 31.0 Å². The fourth-order valence-electron chi connectivity index (χ4n) is 3.09. The topological polar surface area (TPSA) is 82.3 Å². The van der Waals surface area contributed by atoms with E-state index in [1.807, 2.05) is 12.1 Å². The normalized spacial score (nSPS) is 16.4. The third kappa shape index (κ3) is 7.28. The van der Waals surface area contributed by atoms with E-state index in [1.54, 1.807) is 12.3 Å². The maximum Gasteiger partial charge on any atom is 0.191 e. The maximum absolute atomic E-state index is 13.7. The zero-order valence-corrected chi connectivity index (χ0v) is 17.6. The van der Waals surface area contributed by atoms with Crippen molar-refractivity contribution < 1.29 is 18.7 Å². The number of halogens is 2. The molecule has 1 fully saturated rings.